The van der Waals surface area contributed by atoms with Crippen molar-refractivity contribution in [2.75, 3.05) is 10.2 Å². The molecule has 0 fully saturated rings. The molecule has 1 aliphatic rings. The van der Waals surface area contributed by atoms with Gasteiger partial charge in [-0.3, -0.25) is 4.90 Å². The second-order valence-corrected chi connectivity index (χ2v) is 7.85. The highest BCUT2D eigenvalue weighted by atomic mass is 35.5. The molecule has 3 aromatic carbocycles. The zero-order valence-corrected chi connectivity index (χ0v) is 16.3. The predicted octanol–water partition coefficient (Wildman–Crippen LogP) is 7.48. The zero-order chi connectivity index (χ0) is 18.3. The molecule has 4 rings (SSSR count). The van der Waals surface area contributed by atoms with Gasteiger partial charge >= 0.3 is 6.03 Å². The van der Waals surface area contributed by atoms with E-state index >= 15 is 0 Å². The Labute approximate surface area is 169 Å². The van der Waals surface area contributed by atoms with Crippen LogP contribution in [0.25, 0.3) is 0 Å². The highest BCUT2D eigenvalue weighted by Gasteiger charge is 2.28. The summed E-state index contributed by atoms with van der Waals surface area (Å²) < 4.78 is 0. The van der Waals surface area contributed by atoms with Gasteiger partial charge in [-0.2, -0.15) is 0 Å². The SMILES string of the molecule is O=C(Nc1cc(Cl)c(Cl)cc1Cl)N1c2ccccc2Sc2ccccc21. The fourth-order valence-corrected chi connectivity index (χ4v) is 4.36. The number of hydrogen-bond donors (Lipinski definition) is 1. The number of para-hydroxylation sites is 2. The Bertz CT molecular complexity index is 980. The van der Waals surface area contributed by atoms with E-state index in [1.807, 2.05) is 48.5 Å². The van der Waals surface area contributed by atoms with Gasteiger partial charge in [0.05, 0.1) is 32.1 Å². The molecule has 7 heteroatoms. The molecule has 0 unspecified atom stereocenters. The van der Waals surface area contributed by atoms with Gasteiger partial charge in [-0.25, -0.2) is 4.79 Å². The monoisotopic (exact) mass is 420 g/mol. The Kier molecular flexibility index (Phi) is 4.76. The van der Waals surface area contributed by atoms with Crippen molar-refractivity contribution in [2.45, 2.75) is 9.79 Å². The molecule has 26 heavy (non-hydrogen) atoms. The minimum absolute atomic E-state index is 0.320. The molecule has 2 amide bonds. The number of amides is 2. The van der Waals surface area contributed by atoms with Crippen LogP contribution in [0.4, 0.5) is 21.9 Å². The molecule has 1 aliphatic heterocycles. The molecule has 0 radical (unpaired) electrons. The number of urea groups is 1. The Balaban J connectivity index is 1.76. The highest BCUT2D eigenvalue weighted by Crippen LogP contribution is 2.48. The van der Waals surface area contributed by atoms with Crippen molar-refractivity contribution >= 4 is 69.7 Å². The number of nitrogens with zero attached hydrogens (tertiary/aromatic N) is 1. The number of halogens is 3. The van der Waals surface area contributed by atoms with Gasteiger partial charge in [0.1, 0.15) is 0 Å². The van der Waals surface area contributed by atoms with E-state index in [-0.39, 0.29) is 6.03 Å². The number of fused-ring (bicyclic) bond motifs is 2. The molecule has 1 heterocycles. The molecule has 0 bridgehead atoms. The topological polar surface area (TPSA) is 32.3 Å². The molecule has 130 valence electrons. The first-order valence-electron chi connectivity index (χ1n) is 7.66. The van der Waals surface area contributed by atoms with Crippen LogP contribution < -0.4 is 10.2 Å². The largest absolute Gasteiger partial charge is 0.331 e. The summed E-state index contributed by atoms with van der Waals surface area (Å²) in [7, 11) is 0. The Morgan fingerprint density at radius 3 is 1.96 bits per heavy atom. The molecule has 0 saturated heterocycles. The van der Waals surface area contributed by atoms with E-state index in [1.165, 1.54) is 6.07 Å². The van der Waals surface area contributed by atoms with Crippen molar-refractivity contribution in [3.05, 3.63) is 75.7 Å². The lowest BCUT2D eigenvalue weighted by Crippen LogP contribution is -2.32. The van der Waals surface area contributed by atoms with Gasteiger partial charge in [-0.15, -0.1) is 0 Å². The minimum atomic E-state index is -0.328. The van der Waals surface area contributed by atoms with Crippen molar-refractivity contribution in [2.24, 2.45) is 0 Å². The molecular weight excluding hydrogens is 411 g/mol. The molecule has 0 atom stereocenters. The number of carbonyl (C=O) groups is 1. The normalized spacial score (nSPS) is 12.3. The smallest absolute Gasteiger partial charge is 0.306 e. The summed E-state index contributed by atoms with van der Waals surface area (Å²) in [6.07, 6.45) is 0. The quantitative estimate of drug-likeness (QED) is 0.413. The fraction of sp³-hybridized carbons (Fsp3) is 0. The average Bonchev–Trinajstić information content (AvgIpc) is 2.64. The van der Waals surface area contributed by atoms with Gasteiger partial charge in [-0.05, 0) is 36.4 Å². The first kappa shape index (κ1) is 17.6. The van der Waals surface area contributed by atoms with Crippen molar-refractivity contribution in [1.82, 2.24) is 0 Å². The summed E-state index contributed by atoms with van der Waals surface area (Å²) in [4.78, 5) is 16.8. The maximum absolute atomic E-state index is 13.1. The van der Waals surface area contributed by atoms with Crippen molar-refractivity contribution in [1.29, 1.82) is 0 Å². The van der Waals surface area contributed by atoms with Crippen LogP contribution in [0.2, 0.25) is 15.1 Å². The predicted molar refractivity (Wildman–Crippen MR) is 110 cm³/mol. The van der Waals surface area contributed by atoms with E-state index in [2.05, 4.69) is 5.32 Å². The van der Waals surface area contributed by atoms with Crippen LogP contribution in [0.3, 0.4) is 0 Å². The standard InChI is InChI=1S/C19H11Cl3N2OS/c20-11-9-13(22)14(10-12(11)21)23-19(25)24-15-5-1-3-7-17(15)26-18-8-4-2-6-16(18)24/h1-10H,(H,23,25). The summed E-state index contributed by atoms with van der Waals surface area (Å²) in [6, 6.07) is 18.2. The van der Waals surface area contributed by atoms with Gasteiger partial charge in [0.2, 0.25) is 0 Å². The van der Waals surface area contributed by atoms with Gasteiger partial charge in [0.25, 0.3) is 0 Å². The maximum atomic E-state index is 13.1. The Morgan fingerprint density at radius 1 is 0.808 bits per heavy atom. The molecule has 1 N–H and O–H groups in total. The van der Waals surface area contributed by atoms with Gasteiger partial charge in [-0.1, -0.05) is 70.8 Å². The number of carbonyl (C=O) groups excluding carboxylic acids is 1. The van der Waals surface area contributed by atoms with Crippen LogP contribution in [0, 0.1) is 0 Å². The molecule has 3 aromatic rings. The third-order valence-electron chi connectivity index (χ3n) is 3.89. The van der Waals surface area contributed by atoms with Crippen LogP contribution in [-0.2, 0) is 0 Å². The molecule has 0 saturated carbocycles. The maximum Gasteiger partial charge on any atom is 0.331 e. The first-order valence-corrected chi connectivity index (χ1v) is 9.61. The Hall–Kier alpha value is -1.85. The van der Waals surface area contributed by atoms with Crippen LogP contribution in [0.15, 0.2) is 70.5 Å². The molecule has 0 aliphatic carbocycles. The van der Waals surface area contributed by atoms with Crippen molar-refractivity contribution in [3.63, 3.8) is 0 Å². The van der Waals surface area contributed by atoms with E-state index in [9.17, 15) is 4.79 Å². The third-order valence-corrected chi connectivity index (χ3v) is 6.05. The van der Waals surface area contributed by atoms with E-state index in [4.69, 9.17) is 34.8 Å². The number of anilines is 3. The summed E-state index contributed by atoms with van der Waals surface area (Å²) in [5, 5.41) is 3.81. The van der Waals surface area contributed by atoms with Crippen molar-refractivity contribution < 1.29 is 4.79 Å². The van der Waals surface area contributed by atoms with E-state index in [0.717, 1.165) is 21.2 Å². The van der Waals surface area contributed by atoms with Gasteiger partial charge < -0.3 is 5.32 Å². The van der Waals surface area contributed by atoms with Crippen molar-refractivity contribution in [3.8, 4) is 0 Å². The minimum Gasteiger partial charge on any atom is -0.306 e. The number of benzene rings is 3. The fourth-order valence-electron chi connectivity index (χ4n) is 2.71. The zero-order valence-electron chi connectivity index (χ0n) is 13.2. The molecule has 0 spiro atoms. The van der Waals surface area contributed by atoms with Gasteiger partial charge in [0, 0.05) is 9.79 Å². The Morgan fingerprint density at radius 2 is 1.35 bits per heavy atom. The van der Waals surface area contributed by atoms with E-state index in [1.54, 1.807) is 22.7 Å². The number of hydrogen-bond acceptors (Lipinski definition) is 2. The lowest BCUT2D eigenvalue weighted by molar-refractivity contribution is 0.259. The lowest BCUT2D eigenvalue weighted by Gasteiger charge is -2.31. The van der Waals surface area contributed by atoms with Crippen LogP contribution >= 0.6 is 46.6 Å². The number of rotatable bonds is 1. The first-order chi connectivity index (χ1) is 12.5. The second-order valence-electron chi connectivity index (χ2n) is 5.55. The molecular formula is C19H11Cl3N2OS. The lowest BCUT2D eigenvalue weighted by atomic mass is 10.2. The summed E-state index contributed by atoms with van der Waals surface area (Å²) in [5.41, 5.74) is 2.02. The number of nitrogens with one attached hydrogen (secondary N) is 1. The van der Waals surface area contributed by atoms with E-state index < -0.39 is 0 Å². The summed E-state index contributed by atoms with van der Waals surface area (Å²) >= 11 is 19.9. The third kappa shape index (κ3) is 3.14. The highest BCUT2D eigenvalue weighted by molar-refractivity contribution is 7.99. The van der Waals surface area contributed by atoms with Gasteiger partial charge in [0.15, 0.2) is 0 Å². The average molecular weight is 422 g/mol. The molecule has 0 aromatic heterocycles. The van der Waals surface area contributed by atoms with E-state index in [0.29, 0.717) is 20.8 Å². The summed E-state index contributed by atoms with van der Waals surface area (Å²) in [5.74, 6) is 0. The summed E-state index contributed by atoms with van der Waals surface area (Å²) in [6.45, 7) is 0. The van der Waals surface area contributed by atoms with Crippen LogP contribution in [-0.4, -0.2) is 6.03 Å². The van der Waals surface area contributed by atoms with Crippen LogP contribution in [0.1, 0.15) is 0 Å². The molecule has 3 nitrogen and oxygen atoms in total. The second kappa shape index (κ2) is 7.05. The van der Waals surface area contributed by atoms with Crippen LogP contribution in [0.5, 0.6) is 0 Å².